The monoisotopic (exact) mass is 440 g/mol. The molecule has 0 N–H and O–H groups in total. The molecule has 1 unspecified atom stereocenters. The Labute approximate surface area is 189 Å². The number of pyridine rings is 1. The molecule has 2 fully saturated rings. The van der Waals surface area contributed by atoms with Crippen LogP contribution in [0.25, 0.3) is 0 Å². The summed E-state index contributed by atoms with van der Waals surface area (Å²) < 4.78 is 23.1. The summed E-state index contributed by atoms with van der Waals surface area (Å²) in [6, 6.07) is 9.48. The first-order valence-electron chi connectivity index (χ1n) is 11.2. The van der Waals surface area contributed by atoms with E-state index in [9.17, 15) is 4.79 Å². The third-order valence-corrected chi connectivity index (χ3v) is 6.48. The zero-order chi connectivity index (χ0) is 22.6. The molecule has 0 radical (unpaired) electrons. The van der Waals surface area contributed by atoms with Crippen LogP contribution in [-0.2, 0) is 16.0 Å². The Hall–Kier alpha value is -2.80. The highest BCUT2D eigenvalue weighted by atomic mass is 16.5. The molecule has 2 aliphatic rings. The molecule has 7 heteroatoms. The number of carbonyl (C=O) groups excluding carboxylic acids is 1. The second-order valence-corrected chi connectivity index (χ2v) is 8.67. The summed E-state index contributed by atoms with van der Waals surface area (Å²) in [5.74, 6) is 2.19. The number of carbonyl (C=O) groups is 1. The molecule has 3 heterocycles. The molecule has 2 aliphatic heterocycles. The number of amides is 1. The van der Waals surface area contributed by atoms with Gasteiger partial charge in [0.1, 0.15) is 17.6 Å². The summed E-state index contributed by atoms with van der Waals surface area (Å²) in [4.78, 5) is 19.3. The minimum atomic E-state index is -0.225. The number of hydrogen-bond acceptors (Lipinski definition) is 6. The molecular weight excluding hydrogens is 408 g/mol. The highest BCUT2D eigenvalue weighted by molar-refractivity contribution is 5.79. The van der Waals surface area contributed by atoms with E-state index in [0.29, 0.717) is 37.7 Å². The van der Waals surface area contributed by atoms with Crippen molar-refractivity contribution in [3.63, 3.8) is 0 Å². The standard InChI is InChI=1S/C25H32N2O5/c1-18-6-10-26-23(14-18)32-21-7-13-31-25(17-21)8-11-27(12-9-25)24(28)16-19-15-20(29-2)4-5-22(19)30-3/h4-6,10,14-15,21H,7-9,11-13,16-17H2,1-3H3. The van der Waals surface area contributed by atoms with Gasteiger partial charge in [0.2, 0.25) is 11.8 Å². The largest absolute Gasteiger partial charge is 0.497 e. The van der Waals surface area contributed by atoms with Crippen molar-refractivity contribution in [3.05, 3.63) is 47.7 Å². The molecule has 1 aromatic heterocycles. The Morgan fingerprint density at radius 1 is 1.19 bits per heavy atom. The van der Waals surface area contributed by atoms with E-state index in [1.165, 1.54) is 0 Å². The van der Waals surface area contributed by atoms with Gasteiger partial charge >= 0.3 is 0 Å². The average Bonchev–Trinajstić information content (AvgIpc) is 2.79. The lowest BCUT2D eigenvalue weighted by Gasteiger charge is -2.46. The predicted molar refractivity (Wildman–Crippen MR) is 120 cm³/mol. The number of likely N-dealkylation sites (tertiary alicyclic amines) is 1. The zero-order valence-corrected chi connectivity index (χ0v) is 19.1. The molecule has 32 heavy (non-hydrogen) atoms. The van der Waals surface area contributed by atoms with E-state index in [-0.39, 0.29) is 17.6 Å². The fourth-order valence-corrected chi connectivity index (χ4v) is 4.63. The second kappa shape index (κ2) is 9.77. The van der Waals surface area contributed by atoms with Crippen LogP contribution >= 0.6 is 0 Å². The molecule has 7 nitrogen and oxygen atoms in total. The van der Waals surface area contributed by atoms with E-state index in [0.717, 1.165) is 42.6 Å². The molecule has 1 spiro atoms. The molecule has 1 aromatic carbocycles. The smallest absolute Gasteiger partial charge is 0.227 e. The van der Waals surface area contributed by atoms with E-state index in [1.54, 1.807) is 20.4 Å². The number of piperidine rings is 1. The SMILES string of the molecule is COc1ccc(OC)c(CC(=O)N2CCC3(CC2)CC(Oc2cc(C)ccn2)CCO3)c1. The van der Waals surface area contributed by atoms with Gasteiger partial charge in [0.15, 0.2) is 0 Å². The maximum Gasteiger partial charge on any atom is 0.227 e. The molecule has 2 aromatic rings. The van der Waals surface area contributed by atoms with Gasteiger partial charge in [-0.1, -0.05) is 0 Å². The Morgan fingerprint density at radius 2 is 2.00 bits per heavy atom. The fourth-order valence-electron chi connectivity index (χ4n) is 4.63. The van der Waals surface area contributed by atoms with Crippen LogP contribution < -0.4 is 14.2 Å². The lowest BCUT2D eigenvalue weighted by Crippen LogP contribution is -2.52. The average molecular weight is 441 g/mol. The highest BCUT2D eigenvalue weighted by Gasteiger charge is 2.42. The van der Waals surface area contributed by atoms with E-state index in [2.05, 4.69) is 4.98 Å². The second-order valence-electron chi connectivity index (χ2n) is 8.67. The Balaban J connectivity index is 1.34. The van der Waals surface area contributed by atoms with Crippen molar-refractivity contribution in [2.45, 2.75) is 50.7 Å². The number of ether oxygens (including phenoxy) is 4. The number of hydrogen-bond donors (Lipinski definition) is 0. The van der Waals surface area contributed by atoms with Crippen LogP contribution in [0.3, 0.4) is 0 Å². The predicted octanol–water partition coefficient (Wildman–Crippen LogP) is 3.57. The van der Waals surface area contributed by atoms with Gasteiger partial charge in [-0.05, 0) is 49.6 Å². The van der Waals surface area contributed by atoms with Gasteiger partial charge in [0.05, 0.1) is 32.8 Å². The first kappa shape index (κ1) is 22.4. The molecule has 172 valence electrons. The summed E-state index contributed by atoms with van der Waals surface area (Å²) in [7, 11) is 3.24. The zero-order valence-electron chi connectivity index (χ0n) is 19.1. The molecule has 0 bridgehead atoms. The summed E-state index contributed by atoms with van der Waals surface area (Å²) in [6.45, 7) is 4.07. The van der Waals surface area contributed by atoms with Crippen LogP contribution in [0.15, 0.2) is 36.5 Å². The summed E-state index contributed by atoms with van der Waals surface area (Å²) >= 11 is 0. The number of nitrogens with zero attached hydrogens (tertiary/aromatic N) is 2. The van der Waals surface area contributed by atoms with E-state index in [4.69, 9.17) is 18.9 Å². The van der Waals surface area contributed by atoms with Crippen LogP contribution in [0.2, 0.25) is 0 Å². The molecule has 1 atom stereocenters. The van der Waals surface area contributed by atoms with Gasteiger partial charge in [-0.15, -0.1) is 0 Å². The van der Waals surface area contributed by atoms with Gasteiger partial charge in [0, 0.05) is 43.8 Å². The van der Waals surface area contributed by atoms with Crippen molar-refractivity contribution in [1.29, 1.82) is 0 Å². The van der Waals surface area contributed by atoms with E-state index < -0.39 is 0 Å². The fraction of sp³-hybridized carbons (Fsp3) is 0.520. The Bertz CT molecular complexity index is 940. The number of rotatable bonds is 6. The van der Waals surface area contributed by atoms with Crippen molar-refractivity contribution in [2.24, 2.45) is 0 Å². The quantitative estimate of drug-likeness (QED) is 0.684. The molecule has 0 aliphatic carbocycles. The molecular formula is C25H32N2O5. The third kappa shape index (κ3) is 5.15. The summed E-state index contributed by atoms with van der Waals surface area (Å²) in [5.41, 5.74) is 1.75. The Morgan fingerprint density at radius 3 is 2.72 bits per heavy atom. The van der Waals surface area contributed by atoms with E-state index in [1.807, 2.05) is 42.2 Å². The Kier molecular flexibility index (Phi) is 6.84. The lowest BCUT2D eigenvalue weighted by atomic mass is 9.83. The van der Waals surface area contributed by atoms with Crippen molar-refractivity contribution in [3.8, 4) is 17.4 Å². The van der Waals surface area contributed by atoms with Crippen molar-refractivity contribution in [2.75, 3.05) is 33.9 Å². The number of aryl methyl sites for hydroxylation is 1. The van der Waals surface area contributed by atoms with Crippen molar-refractivity contribution >= 4 is 5.91 Å². The first-order chi connectivity index (χ1) is 15.5. The number of aromatic nitrogens is 1. The van der Waals surface area contributed by atoms with Gasteiger partial charge in [0.25, 0.3) is 0 Å². The highest BCUT2D eigenvalue weighted by Crippen LogP contribution is 2.36. The molecule has 2 saturated heterocycles. The summed E-state index contributed by atoms with van der Waals surface area (Å²) in [6.07, 6.45) is 5.47. The maximum atomic E-state index is 13.0. The number of benzene rings is 1. The van der Waals surface area contributed by atoms with Gasteiger partial charge in [-0.3, -0.25) is 4.79 Å². The van der Waals surface area contributed by atoms with Crippen molar-refractivity contribution in [1.82, 2.24) is 9.88 Å². The van der Waals surface area contributed by atoms with Crippen LogP contribution in [-0.4, -0.2) is 61.4 Å². The third-order valence-electron chi connectivity index (χ3n) is 6.48. The first-order valence-corrected chi connectivity index (χ1v) is 11.2. The van der Waals surface area contributed by atoms with Crippen molar-refractivity contribution < 1.29 is 23.7 Å². The molecule has 1 amide bonds. The maximum absolute atomic E-state index is 13.0. The van der Waals surface area contributed by atoms with Crippen LogP contribution in [0, 0.1) is 6.92 Å². The number of methoxy groups -OCH3 is 2. The van der Waals surface area contributed by atoms with Gasteiger partial charge in [-0.2, -0.15) is 0 Å². The summed E-state index contributed by atoms with van der Waals surface area (Å²) in [5, 5.41) is 0. The van der Waals surface area contributed by atoms with Gasteiger partial charge in [-0.25, -0.2) is 4.98 Å². The molecule has 0 saturated carbocycles. The normalized spacial score (nSPS) is 20.1. The van der Waals surface area contributed by atoms with Crippen LogP contribution in [0.4, 0.5) is 0 Å². The van der Waals surface area contributed by atoms with Crippen LogP contribution in [0.1, 0.15) is 36.8 Å². The topological polar surface area (TPSA) is 70.1 Å². The van der Waals surface area contributed by atoms with E-state index >= 15 is 0 Å². The van der Waals surface area contributed by atoms with Gasteiger partial charge < -0.3 is 23.8 Å². The van der Waals surface area contributed by atoms with Crippen LogP contribution in [0.5, 0.6) is 17.4 Å². The lowest BCUT2D eigenvalue weighted by molar-refractivity contribution is -0.151. The minimum absolute atomic E-state index is 0.0846. The minimum Gasteiger partial charge on any atom is -0.497 e. The molecule has 4 rings (SSSR count).